The van der Waals surface area contributed by atoms with Gasteiger partial charge in [-0.1, -0.05) is 54.6 Å². The standard InChI is InChI=1S/C21H17NO2/c1-15(23)18-9-5-10-19(14-18)22-21(24)13-12-17-8-4-7-16-6-2-3-11-20(16)17/h2-14H,1H3,(H,22,24)/b13-12+. The zero-order valence-electron chi connectivity index (χ0n) is 13.3. The molecule has 0 aromatic heterocycles. The van der Waals surface area contributed by atoms with Crippen LogP contribution < -0.4 is 5.32 Å². The minimum absolute atomic E-state index is 0.0302. The van der Waals surface area contributed by atoms with Gasteiger partial charge in [-0.25, -0.2) is 0 Å². The van der Waals surface area contributed by atoms with E-state index in [2.05, 4.69) is 5.32 Å². The van der Waals surface area contributed by atoms with Crippen LogP contribution in [0.4, 0.5) is 5.69 Å². The van der Waals surface area contributed by atoms with Crippen LogP contribution >= 0.6 is 0 Å². The lowest BCUT2D eigenvalue weighted by Crippen LogP contribution is -2.08. The number of benzene rings is 3. The summed E-state index contributed by atoms with van der Waals surface area (Å²) in [6.45, 7) is 1.50. The molecule has 0 bridgehead atoms. The highest BCUT2D eigenvalue weighted by Crippen LogP contribution is 2.19. The third-order valence-corrected chi connectivity index (χ3v) is 3.77. The van der Waals surface area contributed by atoms with Gasteiger partial charge in [0.1, 0.15) is 0 Å². The van der Waals surface area contributed by atoms with E-state index < -0.39 is 0 Å². The number of ketones is 1. The topological polar surface area (TPSA) is 46.2 Å². The number of rotatable bonds is 4. The molecule has 3 aromatic carbocycles. The smallest absolute Gasteiger partial charge is 0.248 e. The summed E-state index contributed by atoms with van der Waals surface area (Å²) < 4.78 is 0. The van der Waals surface area contributed by atoms with E-state index in [0.29, 0.717) is 11.3 Å². The lowest BCUT2D eigenvalue weighted by molar-refractivity contribution is -0.111. The largest absolute Gasteiger partial charge is 0.322 e. The minimum atomic E-state index is -0.233. The Morgan fingerprint density at radius 1 is 0.917 bits per heavy atom. The molecule has 3 aromatic rings. The third-order valence-electron chi connectivity index (χ3n) is 3.77. The van der Waals surface area contributed by atoms with Crippen molar-refractivity contribution in [2.24, 2.45) is 0 Å². The van der Waals surface area contributed by atoms with E-state index >= 15 is 0 Å². The van der Waals surface area contributed by atoms with Gasteiger partial charge in [0.25, 0.3) is 0 Å². The normalized spacial score (nSPS) is 10.9. The van der Waals surface area contributed by atoms with Crippen molar-refractivity contribution >= 4 is 34.2 Å². The fourth-order valence-corrected chi connectivity index (χ4v) is 2.56. The Kier molecular flexibility index (Phi) is 4.52. The van der Waals surface area contributed by atoms with Crippen LogP contribution in [0.1, 0.15) is 22.8 Å². The summed E-state index contributed by atoms with van der Waals surface area (Å²) >= 11 is 0. The Labute approximate surface area is 140 Å². The van der Waals surface area contributed by atoms with Crippen LogP contribution in [-0.4, -0.2) is 11.7 Å². The van der Waals surface area contributed by atoms with Gasteiger partial charge >= 0.3 is 0 Å². The molecule has 0 fully saturated rings. The lowest BCUT2D eigenvalue weighted by Gasteiger charge is -2.04. The maximum absolute atomic E-state index is 12.1. The van der Waals surface area contributed by atoms with E-state index in [1.165, 1.54) is 13.0 Å². The van der Waals surface area contributed by atoms with Gasteiger partial charge in [0.15, 0.2) is 5.78 Å². The van der Waals surface area contributed by atoms with Crippen molar-refractivity contribution in [2.45, 2.75) is 6.92 Å². The predicted molar refractivity (Wildman–Crippen MR) is 98.1 cm³/mol. The van der Waals surface area contributed by atoms with Crippen molar-refractivity contribution in [1.29, 1.82) is 0 Å². The summed E-state index contributed by atoms with van der Waals surface area (Å²) in [7, 11) is 0. The van der Waals surface area contributed by atoms with Gasteiger partial charge in [0.2, 0.25) is 5.91 Å². The molecule has 0 saturated carbocycles. The second-order valence-electron chi connectivity index (χ2n) is 5.53. The number of hydrogen-bond donors (Lipinski definition) is 1. The van der Waals surface area contributed by atoms with E-state index in [-0.39, 0.29) is 11.7 Å². The monoisotopic (exact) mass is 315 g/mol. The van der Waals surface area contributed by atoms with Gasteiger partial charge in [-0.15, -0.1) is 0 Å². The van der Waals surface area contributed by atoms with Crippen LogP contribution in [0.15, 0.2) is 72.8 Å². The van der Waals surface area contributed by atoms with E-state index in [9.17, 15) is 9.59 Å². The summed E-state index contributed by atoms with van der Waals surface area (Å²) in [6, 6.07) is 20.9. The molecule has 1 N–H and O–H groups in total. The number of amides is 1. The summed E-state index contributed by atoms with van der Waals surface area (Å²) in [5.74, 6) is -0.263. The molecule has 0 spiro atoms. The van der Waals surface area contributed by atoms with Crippen molar-refractivity contribution in [3.8, 4) is 0 Å². The number of Topliss-reactive ketones (excluding diaryl/α,β-unsaturated/α-hetero) is 1. The highest BCUT2D eigenvalue weighted by molar-refractivity contribution is 6.04. The SMILES string of the molecule is CC(=O)c1cccc(NC(=O)/C=C/c2cccc3ccccc23)c1. The Morgan fingerprint density at radius 2 is 1.67 bits per heavy atom. The van der Waals surface area contributed by atoms with Crippen molar-refractivity contribution in [1.82, 2.24) is 0 Å². The molecule has 3 heteroatoms. The molecule has 24 heavy (non-hydrogen) atoms. The van der Waals surface area contributed by atoms with E-state index in [1.54, 1.807) is 30.3 Å². The second kappa shape index (κ2) is 6.92. The number of hydrogen-bond acceptors (Lipinski definition) is 2. The zero-order valence-corrected chi connectivity index (χ0v) is 13.3. The molecule has 0 unspecified atom stereocenters. The molecule has 0 atom stereocenters. The van der Waals surface area contributed by atoms with Crippen LogP contribution in [-0.2, 0) is 4.79 Å². The summed E-state index contributed by atoms with van der Waals surface area (Å²) in [5, 5.41) is 5.01. The average Bonchev–Trinajstić information content (AvgIpc) is 2.60. The maximum Gasteiger partial charge on any atom is 0.248 e. The van der Waals surface area contributed by atoms with Gasteiger partial charge in [-0.2, -0.15) is 0 Å². The second-order valence-corrected chi connectivity index (χ2v) is 5.53. The maximum atomic E-state index is 12.1. The van der Waals surface area contributed by atoms with Gasteiger partial charge in [0.05, 0.1) is 0 Å². The van der Waals surface area contributed by atoms with Crippen LogP contribution in [0.25, 0.3) is 16.8 Å². The molecule has 0 aliphatic carbocycles. The van der Waals surface area contributed by atoms with Crippen LogP contribution in [0.3, 0.4) is 0 Å². The number of fused-ring (bicyclic) bond motifs is 1. The Hall–Kier alpha value is -3.20. The Morgan fingerprint density at radius 3 is 2.50 bits per heavy atom. The molecule has 0 radical (unpaired) electrons. The van der Waals surface area contributed by atoms with Gasteiger partial charge in [-0.3, -0.25) is 9.59 Å². The highest BCUT2D eigenvalue weighted by atomic mass is 16.1. The van der Waals surface area contributed by atoms with Gasteiger partial charge in [0, 0.05) is 17.3 Å². The molecule has 0 heterocycles. The summed E-state index contributed by atoms with van der Waals surface area (Å²) in [6.07, 6.45) is 3.30. The molecule has 3 rings (SSSR count). The average molecular weight is 315 g/mol. The molecular weight excluding hydrogens is 298 g/mol. The molecule has 118 valence electrons. The number of anilines is 1. The third kappa shape index (κ3) is 3.58. The zero-order chi connectivity index (χ0) is 16.9. The molecule has 1 amide bonds. The van der Waals surface area contributed by atoms with Gasteiger partial charge < -0.3 is 5.32 Å². The van der Waals surface area contributed by atoms with E-state index in [1.807, 2.05) is 42.5 Å². The molecule has 0 aliphatic rings. The molecule has 0 saturated heterocycles. The van der Waals surface area contributed by atoms with E-state index in [0.717, 1.165) is 16.3 Å². The first-order valence-electron chi connectivity index (χ1n) is 7.71. The van der Waals surface area contributed by atoms with Crippen molar-refractivity contribution in [3.05, 3.63) is 83.9 Å². The van der Waals surface area contributed by atoms with Crippen molar-refractivity contribution in [3.63, 3.8) is 0 Å². The van der Waals surface area contributed by atoms with Crippen LogP contribution in [0, 0.1) is 0 Å². The lowest BCUT2D eigenvalue weighted by atomic mass is 10.0. The predicted octanol–water partition coefficient (Wildman–Crippen LogP) is 4.69. The Balaban J connectivity index is 1.78. The van der Waals surface area contributed by atoms with E-state index in [4.69, 9.17) is 0 Å². The van der Waals surface area contributed by atoms with Crippen LogP contribution in [0.2, 0.25) is 0 Å². The number of carbonyl (C=O) groups is 2. The number of carbonyl (C=O) groups excluding carboxylic acids is 2. The highest BCUT2D eigenvalue weighted by Gasteiger charge is 2.03. The molecule has 0 aliphatic heterocycles. The summed E-state index contributed by atoms with van der Waals surface area (Å²) in [4.78, 5) is 23.5. The fourth-order valence-electron chi connectivity index (χ4n) is 2.56. The van der Waals surface area contributed by atoms with Gasteiger partial charge in [-0.05, 0) is 41.5 Å². The molecular formula is C21H17NO2. The fraction of sp³-hybridized carbons (Fsp3) is 0.0476. The first kappa shape index (κ1) is 15.7. The summed E-state index contributed by atoms with van der Waals surface area (Å²) in [5.41, 5.74) is 2.17. The first-order valence-corrected chi connectivity index (χ1v) is 7.71. The number of nitrogens with one attached hydrogen (secondary N) is 1. The first-order chi connectivity index (χ1) is 11.6. The van der Waals surface area contributed by atoms with Crippen molar-refractivity contribution < 1.29 is 9.59 Å². The minimum Gasteiger partial charge on any atom is -0.322 e. The Bertz CT molecular complexity index is 936. The van der Waals surface area contributed by atoms with Crippen LogP contribution in [0.5, 0.6) is 0 Å². The molecule has 3 nitrogen and oxygen atoms in total. The van der Waals surface area contributed by atoms with Crippen molar-refractivity contribution in [2.75, 3.05) is 5.32 Å². The quantitative estimate of drug-likeness (QED) is 0.560.